The minimum Gasteiger partial charge on any atom is -0.335 e. The molecule has 0 unspecified atom stereocenters. The molecule has 1 atom stereocenters. The molecule has 0 aliphatic carbocycles. The van der Waals surface area contributed by atoms with E-state index < -0.39 is 11.8 Å². The number of para-hydroxylation sites is 1. The molecule has 1 aromatic carbocycles. The molecule has 138 valence electrons. The number of benzene rings is 1. The number of quaternary nitrogens is 1. The van der Waals surface area contributed by atoms with Gasteiger partial charge in [0.05, 0.1) is 25.3 Å². The summed E-state index contributed by atoms with van der Waals surface area (Å²) < 4.78 is 0. The van der Waals surface area contributed by atoms with E-state index in [4.69, 9.17) is 12.2 Å². The molecule has 2 saturated heterocycles. The smallest absolute Gasteiger partial charge is 0.251 e. The molecule has 0 saturated carbocycles. The second-order valence-corrected chi connectivity index (χ2v) is 7.14. The van der Waals surface area contributed by atoms with Gasteiger partial charge in [-0.05, 0) is 43.6 Å². The number of thiocarbonyl (C=S) groups is 1. The molecule has 3 rings (SSSR count). The fourth-order valence-electron chi connectivity index (χ4n) is 3.45. The van der Waals surface area contributed by atoms with Crippen LogP contribution in [0.4, 0.5) is 5.69 Å². The van der Waals surface area contributed by atoms with E-state index in [0.29, 0.717) is 12.2 Å². The zero-order valence-electron chi connectivity index (χ0n) is 14.8. The number of hydrogen-bond acceptors (Lipinski definition) is 4. The van der Waals surface area contributed by atoms with Crippen LogP contribution >= 0.6 is 12.2 Å². The first-order valence-electron chi connectivity index (χ1n) is 9.24. The average molecular weight is 374 g/mol. The van der Waals surface area contributed by atoms with Gasteiger partial charge in [0.15, 0.2) is 11.0 Å². The highest BCUT2D eigenvalue weighted by Gasteiger charge is 2.38. The molecule has 6 nitrogen and oxygen atoms in total. The summed E-state index contributed by atoms with van der Waals surface area (Å²) in [4.78, 5) is 32.2. The maximum Gasteiger partial charge on any atom is 0.251 e. The highest BCUT2D eigenvalue weighted by Crippen LogP contribution is 2.19. The molecule has 2 fully saturated rings. The fraction of sp³-hybridized carbons (Fsp3) is 0.474. The van der Waals surface area contributed by atoms with E-state index in [1.54, 1.807) is 17.0 Å². The molecule has 0 radical (unpaired) electrons. The van der Waals surface area contributed by atoms with Crippen LogP contribution in [0.3, 0.4) is 0 Å². The van der Waals surface area contributed by atoms with Crippen LogP contribution in [0.1, 0.15) is 25.7 Å². The van der Waals surface area contributed by atoms with Gasteiger partial charge in [-0.15, -0.1) is 0 Å². The molecule has 2 heterocycles. The number of piperidine rings is 1. The van der Waals surface area contributed by atoms with E-state index in [1.807, 2.05) is 18.2 Å². The Morgan fingerprint density at radius 1 is 1.19 bits per heavy atom. The first-order chi connectivity index (χ1) is 12.7. The Kier molecular flexibility index (Phi) is 6.46. The first-order valence-corrected chi connectivity index (χ1v) is 9.65. The van der Waals surface area contributed by atoms with E-state index in [-0.39, 0.29) is 11.0 Å². The molecule has 7 heteroatoms. The first kappa shape index (κ1) is 18.7. The van der Waals surface area contributed by atoms with Gasteiger partial charge in [-0.3, -0.25) is 19.5 Å². The van der Waals surface area contributed by atoms with Gasteiger partial charge in [-0.2, -0.15) is 0 Å². The van der Waals surface area contributed by atoms with Gasteiger partial charge < -0.3 is 10.2 Å². The zero-order chi connectivity index (χ0) is 18.4. The summed E-state index contributed by atoms with van der Waals surface area (Å²) in [6.07, 6.45) is 6.41. The second-order valence-electron chi connectivity index (χ2n) is 6.75. The minimum atomic E-state index is -0.927. The summed E-state index contributed by atoms with van der Waals surface area (Å²) in [5.74, 6) is -1.68. The van der Waals surface area contributed by atoms with Crippen LogP contribution in [0.25, 0.3) is 0 Å². The standard InChI is InChI=1S/C19H24N4O2S/c24-17-16(14-20-10-7-13-22-11-5-2-6-12-22)18(25)23(19(26)21-17)15-8-3-1-4-9-15/h1,3-4,8-9,14,16H,2,5-7,10-13H2,(H,21,24,26)/p+1/t16-/m0/s1. The third-order valence-corrected chi connectivity index (χ3v) is 5.13. The lowest BCUT2D eigenvalue weighted by Crippen LogP contribution is -3.12. The van der Waals surface area contributed by atoms with Crippen molar-refractivity contribution in [1.29, 1.82) is 0 Å². The number of likely N-dealkylation sites (tertiary alicyclic amines) is 1. The molecular formula is C19H25N4O2S+. The number of carbonyl (C=O) groups excluding carboxylic acids is 2. The number of nitrogens with zero attached hydrogens (tertiary/aromatic N) is 2. The van der Waals surface area contributed by atoms with Crippen molar-refractivity contribution < 1.29 is 14.5 Å². The van der Waals surface area contributed by atoms with Gasteiger partial charge in [-0.25, -0.2) is 0 Å². The summed E-state index contributed by atoms with van der Waals surface area (Å²) in [5, 5.41) is 2.72. The highest BCUT2D eigenvalue weighted by molar-refractivity contribution is 7.80. The summed E-state index contributed by atoms with van der Waals surface area (Å²) in [6.45, 7) is 4.23. The van der Waals surface area contributed by atoms with Crippen molar-refractivity contribution in [3.63, 3.8) is 0 Å². The maximum atomic E-state index is 12.7. The van der Waals surface area contributed by atoms with Crippen LogP contribution in [-0.4, -0.2) is 49.3 Å². The number of amides is 2. The summed E-state index contributed by atoms with van der Waals surface area (Å²) in [5.41, 5.74) is 0.648. The van der Waals surface area contributed by atoms with Crippen molar-refractivity contribution in [3.05, 3.63) is 30.3 Å². The van der Waals surface area contributed by atoms with Crippen molar-refractivity contribution in [2.45, 2.75) is 25.7 Å². The normalized spacial score (nSPS) is 22.1. The predicted molar refractivity (Wildman–Crippen MR) is 106 cm³/mol. The molecule has 2 aliphatic heterocycles. The monoisotopic (exact) mass is 373 g/mol. The lowest BCUT2D eigenvalue weighted by Gasteiger charge is -2.30. The molecule has 1 aromatic rings. The predicted octanol–water partition coefficient (Wildman–Crippen LogP) is 0.580. The van der Waals surface area contributed by atoms with Crippen LogP contribution in [0.15, 0.2) is 35.3 Å². The average Bonchev–Trinajstić information content (AvgIpc) is 2.65. The number of anilines is 1. The molecule has 0 spiro atoms. The molecule has 26 heavy (non-hydrogen) atoms. The van der Waals surface area contributed by atoms with E-state index in [0.717, 1.165) is 13.0 Å². The zero-order valence-corrected chi connectivity index (χ0v) is 15.6. The third kappa shape index (κ3) is 4.53. The minimum absolute atomic E-state index is 0.115. The van der Waals surface area contributed by atoms with Gasteiger partial charge in [0.1, 0.15) is 0 Å². The Balaban J connectivity index is 1.56. The van der Waals surface area contributed by atoms with E-state index in [2.05, 4.69) is 10.3 Å². The van der Waals surface area contributed by atoms with Crippen LogP contribution in [-0.2, 0) is 9.59 Å². The molecule has 0 bridgehead atoms. The lowest BCUT2D eigenvalue weighted by molar-refractivity contribution is -0.904. The SMILES string of the molecule is O=C1NC(=S)N(c2ccccc2)C(=O)[C@H]1C=NCCC[NH+]1CCCCC1. The summed E-state index contributed by atoms with van der Waals surface area (Å²) in [7, 11) is 0. The van der Waals surface area contributed by atoms with Crippen molar-refractivity contribution in [2.24, 2.45) is 10.9 Å². The quantitative estimate of drug-likeness (QED) is 0.332. The number of aliphatic imine (C=N–C) groups is 1. The van der Waals surface area contributed by atoms with Crippen LogP contribution < -0.4 is 15.1 Å². The van der Waals surface area contributed by atoms with Crippen LogP contribution in [0.5, 0.6) is 0 Å². The van der Waals surface area contributed by atoms with E-state index in [9.17, 15) is 9.59 Å². The molecule has 2 amide bonds. The van der Waals surface area contributed by atoms with E-state index >= 15 is 0 Å². The second kappa shape index (κ2) is 9.00. The largest absolute Gasteiger partial charge is 0.335 e. The summed E-state index contributed by atoms with van der Waals surface area (Å²) in [6, 6.07) is 9.10. The highest BCUT2D eigenvalue weighted by atomic mass is 32.1. The maximum absolute atomic E-state index is 12.7. The Morgan fingerprint density at radius 2 is 1.92 bits per heavy atom. The van der Waals surface area contributed by atoms with Crippen LogP contribution in [0, 0.1) is 5.92 Å². The molecule has 0 aromatic heterocycles. The van der Waals surface area contributed by atoms with Gasteiger partial charge in [0.2, 0.25) is 5.91 Å². The van der Waals surface area contributed by atoms with Crippen LogP contribution in [0.2, 0.25) is 0 Å². The Bertz CT molecular complexity index is 686. The number of nitrogens with one attached hydrogen (secondary N) is 2. The van der Waals surface area contributed by atoms with Crippen molar-refractivity contribution in [3.8, 4) is 0 Å². The van der Waals surface area contributed by atoms with E-state index in [1.165, 1.54) is 43.5 Å². The van der Waals surface area contributed by atoms with Crippen molar-refractivity contribution in [1.82, 2.24) is 5.32 Å². The van der Waals surface area contributed by atoms with Crippen molar-refractivity contribution >= 4 is 41.0 Å². The Labute approximate surface area is 159 Å². The third-order valence-electron chi connectivity index (χ3n) is 4.85. The molecular weight excluding hydrogens is 348 g/mol. The number of hydrogen-bond donors (Lipinski definition) is 2. The van der Waals surface area contributed by atoms with Gasteiger partial charge >= 0.3 is 0 Å². The molecule has 2 aliphatic rings. The summed E-state index contributed by atoms with van der Waals surface area (Å²) >= 11 is 5.17. The Hall–Kier alpha value is -2.12. The van der Waals surface area contributed by atoms with Gasteiger partial charge in [0, 0.05) is 19.2 Å². The number of carbonyl (C=O) groups is 2. The van der Waals surface area contributed by atoms with Crippen molar-refractivity contribution in [2.75, 3.05) is 31.1 Å². The lowest BCUT2D eigenvalue weighted by atomic mass is 10.1. The fourth-order valence-corrected chi connectivity index (χ4v) is 3.74. The van der Waals surface area contributed by atoms with Gasteiger partial charge in [0.25, 0.3) is 5.91 Å². The number of rotatable bonds is 6. The Morgan fingerprint density at radius 3 is 2.65 bits per heavy atom. The van der Waals surface area contributed by atoms with Gasteiger partial charge in [-0.1, -0.05) is 18.2 Å². The molecule has 2 N–H and O–H groups in total. The topological polar surface area (TPSA) is 66.2 Å².